The first-order valence-electron chi connectivity index (χ1n) is 11.7. The second kappa shape index (κ2) is 14.0. The molecule has 1 N–H and O–H groups in total. The minimum atomic E-state index is -0.776. The maximum Gasteiger partial charge on any atom is 0.309 e. The maximum absolute atomic E-state index is 12.5. The van der Waals surface area contributed by atoms with Crippen molar-refractivity contribution in [2.45, 2.75) is 117 Å². The lowest BCUT2D eigenvalue weighted by Gasteiger charge is -2.28. The number of hydrogen-bond donors (Lipinski definition) is 1. The molecule has 0 aromatic rings. The van der Waals surface area contributed by atoms with Gasteiger partial charge < -0.3 is 9.84 Å². The van der Waals surface area contributed by atoms with Crippen molar-refractivity contribution < 1.29 is 19.4 Å². The zero-order chi connectivity index (χ0) is 20.9. The van der Waals surface area contributed by atoms with E-state index < -0.39 is 5.97 Å². The van der Waals surface area contributed by atoms with Crippen LogP contribution in [0.1, 0.15) is 111 Å². The lowest BCUT2D eigenvalue weighted by molar-refractivity contribution is -0.159. The summed E-state index contributed by atoms with van der Waals surface area (Å²) in [6.07, 6.45) is 13.8. The predicted octanol–water partition coefficient (Wildman–Crippen LogP) is 6.61. The molecule has 1 saturated carbocycles. The Morgan fingerprint density at radius 3 is 1.93 bits per heavy atom. The largest absolute Gasteiger partial charge is 0.481 e. The summed E-state index contributed by atoms with van der Waals surface area (Å²) in [6, 6.07) is 0. The molecule has 0 spiro atoms. The average Bonchev–Trinajstić information content (AvgIpc) is 2.65. The van der Waals surface area contributed by atoms with Gasteiger partial charge in [-0.1, -0.05) is 79.1 Å². The summed E-state index contributed by atoms with van der Waals surface area (Å²) in [5.41, 5.74) is 0. The van der Waals surface area contributed by atoms with Gasteiger partial charge in [0.15, 0.2) is 0 Å². The Morgan fingerprint density at radius 2 is 1.39 bits per heavy atom. The molecule has 1 rings (SSSR count). The van der Waals surface area contributed by atoms with Gasteiger partial charge in [-0.3, -0.25) is 9.59 Å². The van der Waals surface area contributed by atoms with E-state index in [2.05, 4.69) is 27.7 Å². The van der Waals surface area contributed by atoms with Crippen molar-refractivity contribution in [2.24, 2.45) is 23.7 Å². The molecule has 0 aromatic carbocycles. The van der Waals surface area contributed by atoms with E-state index in [1.807, 2.05) is 0 Å². The summed E-state index contributed by atoms with van der Waals surface area (Å²) in [6.45, 7) is 8.79. The van der Waals surface area contributed by atoms with E-state index >= 15 is 0 Å². The Hall–Kier alpha value is -1.06. The number of esters is 1. The van der Waals surface area contributed by atoms with Crippen LogP contribution in [-0.2, 0) is 14.3 Å². The van der Waals surface area contributed by atoms with E-state index in [4.69, 9.17) is 4.74 Å². The van der Waals surface area contributed by atoms with Crippen molar-refractivity contribution in [2.75, 3.05) is 0 Å². The maximum atomic E-state index is 12.5. The number of unbranched alkanes of at least 4 members (excludes halogenated alkanes) is 6. The molecule has 0 amide bonds. The number of aliphatic carboxylic acids is 1. The molecule has 3 unspecified atom stereocenters. The van der Waals surface area contributed by atoms with Crippen molar-refractivity contribution in [1.29, 1.82) is 0 Å². The highest BCUT2D eigenvalue weighted by molar-refractivity contribution is 5.75. The number of rotatable bonds is 14. The minimum absolute atomic E-state index is 0.0382. The van der Waals surface area contributed by atoms with Crippen molar-refractivity contribution >= 4 is 11.9 Å². The van der Waals surface area contributed by atoms with Gasteiger partial charge in [-0.25, -0.2) is 0 Å². The van der Waals surface area contributed by atoms with Crippen LogP contribution in [0.25, 0.3) is 0 Å². The lowest BCUT2D eigenvalue weighted by atomic mass is 9.81. The first-order chi connectivity index (χ1) is 13.3. The molecule has 1 aliphatic carbocycles. The third kappa shape index (κ3) is 10.5. The fourth-order valence-electron chi connectivity index (χ4n) is 4.18. The van der Waals surface area contributed by atoms with Gasteiger partial charge in [0.2, 0.25) is 0 Å². The molecule has 1 fully saturated rings. The molecule has 1 aliphatic rings. The topological polar surface area (TPSA) is 63.6 Å². The molecule has 28 heavy (non-hydrogen) atoms. The number of hydrogen-bond acceptors (Lipinski definition) is 3. The number of ether oxygens (including phenoxy) is 1. The standard InChI is InChI=1S/C24H44O4/c1-18(2)13-10-8-6-5-7-9-11-16-22(19(3)4)28-24(27)21-15-12-14-20(17-21)23(25)26/h18-22H,5-17H2,1-4H3,(H,25,26). The summed E-state index contributed by atoms with van der Waals surface area (Å²) >= 11 is 0. The molecule has 0 aliphatic heterocycles. The summed E-state index contributed by atoms with van der Waals surface area (Å²) in [7, 11) is 0. The smallest absolute Gasteiger partial charge is 0.309 e. The average molecular weight is 397 g/mol. The van der Waals surface area contributed by atoms with E-state index in [-0.39, 0.29) is 23.9 Å². The molecule has 0 aromatic heterocycles. The van der Waals surface area contributed by atoms with Crippen LogP contribution in [0.2, 0.25) is 0 Å². The quantitative estimate of drug-likeness (QED) is 0.265. The molecular weight excluding hydrogens is 352 g/mol. The van der Waals surface area contributed by atoms with Crippen LogP contribution in [0.4, 0.5) is 0 Å². The van der Waals surface area contributed by atoms with E-state index in [0.717, 1.165) is 31.6 Å². The molecule has 4 heteroatoms. The number of carbonyl (C=O) groups is 2. The summed E-state index contributed by atoms with van der Waals surface area (Å²) in [4.78, 5) is 23.8. The highest BCUT2D eigenvalue weighted by atomic mass is 16.5. The molecule has 0 heterocycles. The van der Waals surface area contributed by atoms with Gasteiger partial charge >= 0.3 is 11.9 Å². The zero-order valence-electron chi connectivity index (χ0n) is 18.8. The predicted molar refractivity (Wildman–Crippen MR) is 114 cm³/mol. The Kier molecular flexibility index (Phi) is 12.5. The molecular formula is C24H44O4. The molecule has 3 atom stereocenters. The van der Waals surface area contributed by atoms with Gasteiger partial charge in [-0.05, 0) is 43.9 Å². The second-order valence-corrected chi connectivity index (χ2v) is 9.56. The zero-order valence-corrected chi connectivity index (χ0v) is 18.8. The van der Waals surface area contributed by atoms with Crippen LogP contribution in [0.15, 0.2) is 0 Å². The first kappa shape index (κ1) is 25.0. The first-order valence-corrected chi connectivity index (χ1v) is 11.7. The molecule has 4 nitrogen and oxygen atoms in total. The number of carbonyl (C=O) groups excluding carboxylic acids is 1. The summed E-state index contributed by atoms with van der Waals surface area (Å²) in [5.74, 6) is -0.443. The number of carboxylic acids is 1. The molecule has 0 saturated heterocycles. The SMILES string of the molecule is CC(C)CCCCCCCCCC(OC(=O)C1CCCC(C(=O)O)C1)C(C)C. The second-order valence-electron chi connectivity index (χ2n) is 9.56. The van der Waals surface area contributed by atoms with Gasteiger partial charge in [0.1, 0.15) is 6.10 Å². The van der Waals surface area contributed by atoms with Gasteiger partial charge in [0.25, 0.3) is 0 Å². The molecule has 164 valence electrons. The van der Waals surface area contributed by atoms with Crippen LogP contribution in [0, 0.1) is 23.7 Å². The van der Waals surface area contributed by atoms with E-state index in [9.17, 15) is 14.7 Å². The Labute approximate surface area is 172 Å². The normalized spacial score (nSPS) is 21.1. The summed E-state index contributed by atoms with van der Waals surface area (Å²) in [5, 5.41) is 9.21. The summed E-state index contributed by atoms with van der Waals surface area (Å²) < 4.78 is 5.83. The monoisotopic (exact) mass is 396 g/mol. The molecule has 0 bridgehead atoms. The van der Waals surface area contributed by atoms with Crippen molar-refractivity contribution in [3.8, 4) is 0 Å². The highest BCUT2D eigenvalue weighted by Gasteiger charge is 2.33. The van der Waals surface area contributed by atoms with Crippen LogP contribution in [-0.4, -0.2) is 23.1 Å². The van der Waals surface area contributed by atoms with Gasteiger partial charge in [0.05, 0.1) is 11.8 Å². The minimum Gasteiger partial charge on any atom is -0.481 e. The van der Waals surface area contributed by atoms with E-state index in [1.165, 1.54) is 44.9 Å². The fourth-order valence-corrected chi connectivity index (χ4v) is 4.18. The van der Waals surface area contributed by atoms with Crippen LogP contribution in [0.5, 0.6) is 0 Å². The number of carboxylic acid groups (broad SMARTS) is 1. The fraction of sp³-hybridized carbons (Fsp3) is 0.917. The van der Waals surface area contributed by atoms with Crippen LogP contribution < -0.4 is 0 Å². The van der Waals surface area contributed by atoms with E-state index in [1.54, 1.807) is 0 Å². The Balaban J connectivity index is 2.22. The van der Waals surface area contributed by atoms with Crippen molar-refractivity contribution in [1.82, 2.24) is 0 Å². The highest BCUT2D eigenvalue weighted by Crippen LogP contribution is 2.31. The van der Waals surface area contributed by atoms with E-state index in [0.29, 0.717) is 18.8 Å². The van der Waals surface area contributed by atoms with Crippen LogP contribution >= 0.6 is 0 Å². The van der Waals surface area contributed by atoms with Gasteiger partial charge in [-0.15, -0.1) is 0 Å². The lowest BCUT2D eigenvalue weighted by Crippen LogP contribution is -2.32. The molecule has 0 radical (unpaired) electrons. The van der Waals surface area contributed by atoms with Crippen molar-refractivity contribution in [3.05, 3.63) is 0 Å². The third-order valence-electron chi connectivity index (χ3n) is 6.14. The Bertz CT molecular complexity index is 444. The Morgan fingerprint density at radius 1 is 0.857 bits per heavy atom. The van der Waals surface area contributed by atoms with Crippen molar-refractivity contribution in [3.63, 3.8) is 0 Å². The van der Waals surface area contributed by atoms with Gasteiger partial charge in [0, 0.05) is 0 Å². The van der Waals surface area contributed by atoms with Crippen LogP contribution in [0.3, 0.4) is 0 Å². The van der Waals surface area contributed by atoms with Gasteiger partial charge in [-0.2, -0.15) is 0 Å². The third-order valence-corrected chi connectivity index (χ3v) is 6.14.